The molecular weight excluding hydrogens is 382 g/mol. The Bertz CT molecular complexity index is 914. The molecule has 0 saturated heterocycles. The third kappa shape index (κ3) is 4.74. The SMILES string of the molecule is COc1ccc2[nH]c(=O)c(CN(C(=S)NC3CCCCC3)C3CCCC3)cc2c1. The molecule has 6 heteroatoms. The minimum absolute atomic E-state index is 0.0360. The van der Waals surface area contributed by atoms with Crippen LogP contribution in [0.2, 0.25) is 0 Å². The Balaban J connectivity index is 1.58. The summed E-state index contributed by atoms with van der Waals surface area (Å²) in [5, 5.41) is 5.41. The zero-order chi connectivity index (χ0) is 20.2. The minimum atomic E-state index is -0.0360. The predicted molar refractivity (Wildman–Crippen MR) is 122 cm³/mol. The first-order chi connectivity index (χ1) is 14.1. The fourth-order valence-corrected chi connectivity index (χ4v) is 5.13. The van der Waals surface area contributed by atoms with Crippen LogP contribution in [0.5, 0.6) is 5.75 Å². The van der Waals surface area contributed by atoms with Crippen molar-refractivity contribution in [2.75, 3.05) is 7.11 Å². The van der Waals surface area contributed by atoms with Crippen LogP contribution in [0.15, 0.2) is 29.1 Å². The number of methoxy groups -OCH3 is 1. The standard InChI is InChI=1S/C23H31N3O2S/c1-28-20-11-12-21-16(14-20)13-17(22(27)25-21)15-26(19-9-5-6-10-19)23(29)24-18-7-3-2-4-8-18/h11-14,18-19H,2-10,15H2,1H3,(H,24,29)(H,25,27). The van der Waals surface area contributed by atoms with Crippen LogP contribution >= 0.6 is 12.2 Å². The fraction of sp³-hybridized carbons (Fsp3) is 0.565. The van der Waals surface area contributed by atoms with Gasteiger partial charge in [0.05, 0.1) is 13.7 Å². The first kappa shape index (κ1) is 20.2. The number of benzene rings is 1. The van der Waals surface area contributed by atoms with Gasteiger partial charge in [0.25, 0.3) is 5.56 Å². The number of thiocarbonyl (C=S) groups is 1. The molecule has 2 aromatic rings. The maximum atomic E-state index is 12.8. The molecule has 0 amide bonds. The van der Waals surface area contributed by atoms with E-state index in [0.29, 0.717) is 18.6 Å². The van der Waals surface area contributed by atoms with Gasteiger partial charge in [-0.2, -0.15) is 0 Å². The normalized spacial score (nSPS) is 18.1. The Morgan fingerprint density at radius 3 is 2.59 bits per heavy atom. The lowest BCUT2D eigenvalue weighted by molar-refractivity contribution is 0.292. The van der Waals surface area contributed by atoms with Gasteiger partial charge in [-0.15, -0.1) is 0 Å². The predicted octanol–water partition coefficient (Wildman–Crippen LogP) is 4.49. The average molecular weight is 414 g/mol. The fourth-order valence-electron chi connectivity index (χ4n) is 4.74. The molecule has 1 aromatic heterocycles. The number of fused-ring (bicyclic) bond motifs is 1. The molecule has 0 spiro atoms. The van der Waals surface area contributed by atoms with Crippen molar-refractivity contribution in [2.45, 2.75) is 76.4 Å². The van der Waals surface area contributed by atoms with Crippen molar-refractivity contribution in [1.29, 1.82) is 0 Å². The lowest BCUT2D eigenvalue weighted by atomic mass is 9.96. The highest BCUT2D eigenvalue weighted by Crippen LogP contribution is 2.26. The monoisotopic (exact) mass is 413 g/mol. The number of H-pyrrole nitrogens is 1. The van der Waals surface area contributed by atoms with Crippen LogP contribution < -0.4 is 15.6 Å². The smallest absolute Gasteiger partial charge is 0.253 e. The van der Waals surface area contributed by atoms with Crippen LogP contribution in [0.1, 0.15) is 63.4 Å². The van der Waals surface area contributed by atoms with E-state index in [1.54, 1.807) is 7.11 Å². The number of hydrogen-bond acceptors (Lipinski definition) is 3. The van der Waals surface area contributed by atoms with E-state index in [1.807, 2.05) is 24.3 Å². The van der Waals surface area contributed by atoms with E-state index in [0.717, 1.165) is 40.2 Å². The molecule has 2 fully saturated rings. The summed E-state index contributed by atoms with van der Waals surface area (Å²) in [4.78, 5) is 18.1. The molecule has 0 bridgehead atoms. The lowest BCUT2D eigenvalue weighted by Gasteiger charge is -2.34. The number of nitrogens with one attached hydrogen (secondary N) is 2. The van der Waals surface area contributed by atoms with E-state index < -0.39 is 0 Å². The zero-order valence-corrected chi connectivity index (χ0v) is 18.0. The van der Waals surface area contributed by atoms with Gasteiger partial charge in [-0.25, -0.2) is 0 Å². The minimum Gasteiger partial charge on any atom is -0.497 e. The third-order valence-corrected chi connectivity index (χ3v) is 6.78. The van der Waals surface area contributed by atoms with Crippen LogP contribution in [0.25, 0.3) is 10.9 Å². The molecule has 0 radical (unpaired) electrons. The highest BCUT2D eigenvalue weighted by Gasteiger charge is 2.27. The first-order valence-electron chi connectivity index (χ1n) is 10.9. The van der Waals surface area contributed by atoms with Gasteiger partial charge in [0, 0.05) is 28.6 Å². The molecule has 2 saturated carbocycles. The van der Waals surface area contributed by atoms with Crippen molar-refractivity contribution < 1.29 is 4.74 Å². The average Bonchev–Trinajstić information content (AvgIpc) is 3.27. The van der Waals surface area contributed by atoms with Crippen molar-refractivity contribution in [3.63, 3.8) is 0 Å². The summed E-state index contributed by atoms with van der Waals surface area (Å²) < 4.78 is 5.34. The molecule has 0 unspecified atom stereocenters. The number of aromatic amines is 1. The lowest BCUT2D eigenvalue weighted by Crippen LogP contribution is -2.49. The van der Waals surface area contributed by atoms with E-state index in [4.69, 9.17) is 17.0 Å². The first-order valence-corrected chi connectivity index (χ1v) is 11.3. The van der Waals surface area contributed by atoms with E-state index >= 15 is 0 Å². The molecule has 29 heavy (non-hydrogen) atoms. The third-order valence-electron chi connectivity index (χ3n) is 6.43. The molecule has 1 aromatic carbocycles. The van der Waals surface area contributed by atoms with Crippen LogP contribution in [0.4, 0.5) is 0 Å². The quantitative estimate of drug-likeness (QED) is 0.708. The molecule has 2 aliphatic rings. The maximum Gasteiger partial charge on any atom is 0.253 e. The second-order valence-corrected chi connectivity index (χ2v) is 8.81. The Labute approximate surface area is 177 Å². The Morgan fingerprint density at radius 1 is 1.14 bits per heavy atom. The van der Waals surface area contributed by atoms with Gasteiger partial charge in [0.15, 0.2) is 5.11 Å². The van der Waals surface area contributed by atoms with Crippen molar-refractivity contribution >= 4 is 28.2 Å². The van der Waals surface area contributed by atoms with Gasteiger partial charge < -0.3 is 19.9 Å². The summed E-state index contributed by atoms with van der Waals surface area (Å²) in [5.41, 5.74) is 1.55. The summed E-state index contributed by atoms with van der Waals surface area (Å²) in [5.74, 6) is 0.789. The molecule has 0 aliphatic heterocycles. The van der Waals surface area contributed by atoms with Crippen molar-refractivity contribution in [3.05, 3.63) is 40.2 Å². The van der Waals surface area contributed by atoms with Gasteiger partial charge >= 0.3 is 0 Å². The number of pyridine rings is 1. The second-order valence-electron chi connectivity index (χ2n) is 8.43. The van der Waals surface area contributed by atoms with Crippen LogP contribution in [0.3, 0.4) is 0 Å². The number of rotatable bonds is 5. The topological polar surface area (TPSA) is 57.4 Å². The molecule has 5 nitrogen and oxygen atoms in total. The largest absolute Gasteiger partial charge is 0.497 e. The van der Waals surface area contributed by atoms with Crippen molar-refractivity contribution in [1.82, 2.24) is 15.2 Å². The second kappa shape index (κ2) is 9.16. The van der Waals surface area contributed by atoms with E-state index in [9.17, 15) is 4.79 Å². The van der Waals surface area contributed by atoms with Crippen molar-refractivity contribution in [2.24, 2.45) is 0 Å². The molecule has 0 atom stereocenters. The van der Waals surface area contributed by atoms with Crippen LogP contribution in [-0.4, -0.2) is 34.2 Å². The van der Waals surface area contributed by atoms with Gasteiger partial charge in [-0.3, -0.25) is 4.79 Å². The highest BCUT2D eigenvalue weighted by molar-refractivity contribution is 7.80. The van der Waals surface area contributed by atoms with Gasteiger partial charge in [0.2, 0.25) is 0 Å². The van der Waals surface area contributed by atoms with E-state index in [1.165, 1.54) is 44.9 Å². The van der Waals surface area contributed by atoms with E-state index in [-0.39, 0.29) is 5.56 Å². The van der Waals surface area contributed by atoms with Gasteiger partial charge in [-0.1, -0.05) is 32.1 Å². The molecule has 4 rings (SSSR count). The zero-order valence-electron chi connectivity index (χ0n) is 17.2. The van der Waals surface area contributed by atoms with E-state index in [2.05, 4.69) is 15.2 Å². The molecule has 1 heterocycles. The van der Waals surface area contributed by atoms with Gasteiger partial charge in [0.1, 0.15) is 5.75 Å². The Kier molecular flexibility index (Phi) is 6.38. The molecular formula is C23H31N3O2S. The summed E-state index contributed by atoms with van der Waals surface area (Å²) in [6.07, 6.45) is 11.0. The summed E-state index contributed by atoms with van der Waals surface area (Å²) >= 11 is 5.85. The summed E-state index contributed by atoms with van der Waals surface area (Å²) in [6, 6.07) is 8.60. The number of aromatic nitrogens is 1. The molecule has 2 N–H and O–H groups in total. The summed E-state index contributed by atoms with van der Waals surface area (Å²) in [6.45, 7) is 0.547. The number of hydrogen-bond donors (Lipinski definition) is 2. The Hall–Kier alpha value is -2.08. The molecule has 156 valence electrons. The van der Waals surface area contributed by atoms with Crippen molar-refractivity contribution in [3.8, 4) is 5.75 Å². The summed E-state index contributed by atoms with van der Waals surface area (Å²) in [7, 11) is 1.66. The highest BCUT2D eigenvalue weighted by atomic mass is 32.1. The van der Waals surface area contributed by atoms with Crippen LogP contribution in [-0.2, 0) is 6.54 Å². The maximum absolute atomic E-state index is 12.8. The number of ether oxygens (including phenoxy) is 1. The van der Waals surface area contributed by atoms with Crippen LogP contribution in [0, 0.1) is 0 Å². The Morgan fingerprint density at radius 2 is 1.86 bits per heavy atom. The molecule has 2 aliphatic carbocycles. The number of nitrogens with zero attached hydrogens (tertiary/aromatic N) is 1. The van der Waals surface area contributed by atoms with Gasteiger partial charge in [-0.05, 0) is 62.2 Å².